The van der Waals surface area contributed by atoms with Crippen LogP contribution in [0.15, 0.2) is 72.9 Å². The molecule has 0 radical (unpaired) electrons. The number of nitrogens with zero attached hydrogens (tertiary/aromatic N) is 4. The van der Waals surface area contributed by atoms with Crippen molar-refractivity contribution in [3.05, 3.63) is 106 Å². The van der Waals surface area contributed by atoms with Crippen LogP contribution in [0, 0.1) is 0 Å². The molecule has 1 unspecified atom stereocenters. The van der Waals surface area contributed by atoms with Gasteiger partial charge in [-0.1, -0.05) is 66.2 Å². The van der Waals surface area contributed by atoms with Gasteiger partial charge in [0.1, 0.15) is 11.6 Å². The summed E-state index contributed by atoms with van der Waals surface area (Å²) in [5.74, 6) is 1.46. The van der Waals surface area contributed by atoms with Crippen LogP contribution in [-0.2, 0) is 37.9 Å². The minimum absolute atomic E-state index is 0.146. The van der Waals surface area contributed by atoms with Crippen molar-refractivity contribution in [1.82, 2.24) is 19.8 Å². The molecule has 8 heteroatoms. The summed E-state index contributed by atoms with van der Waals surface area (Å²) in [5, 5.41) is 13.7. The number of aliphatic hydroxyl groups is 1. The Kier molecular flexibility index (Phi) is 6.66. The highest BCUT2D eigenvalue weighted by atomic mass is 35.5. The molecule has 4 aromatic rings. The summed E-state index contributed by atoms with van der Waals surface area (Å²) in [4.78, 5) is 20.4. The first-order valence-corrected chi connectivity index (χ1v) is 13.2. The van der Waals surface area contributed by atoms with E-state index in [1.54, 1.807) is 11.1 Å². The Bertz CT molecular complexity index is 1480. The number of amides is 1. The smallest absolute Gasteiger partial charge is 0.225 e. The fourth-order valence-corrected chi connectivity index (χ4v) is 5.61. The van der Waals surface area contributed by atoms with Gasteiger partial charge in [0.05, 0.1) is 6.20 Å². The number of carbonyl (C=O) groups is 1. The summed E-state index contributed by atoms with van der Waals surface area (Å²) in [6.07, 6.45) is 1.89. The second kappa shape index (κ2) is 10.3. The number of aromatic nitrogens is 2. The molecule has 6 rings (SSSR count). The lowest BCUT2D eigenvalue weighted by Crippen LogP contribution is -2.54. The second-order valence-electron chi connectivity index (χ2n) is 10.1. The van der Waals surface area contributed by atoms with Gasteiger partial charge >= 0.3 is 0 Å². The largest absolute Gasteiger partial charge is 0.356 e. The zero-order valence-corrected chi connectivity index (χ0v) is 22.0. The molecule has 1 fully saturated rings. The van der Waals surface area contributed by atoms with Gasteiger partial charge in [-0.15, -0.1) is 0 Å². The van der Waals surface area contributed by atoms with E-state index in [-0.39, 0.29) is 5.91 Å². The molecule has 0 aliphatic carbocycles. The number of anilines is 1. The number of imidazole rings is 1. The monoisotopic (exact) mass is 527 g/mol. The van der Waals surface area contributed by atoms with E-state index in [1.165, 1.54) is 22.3 Å². The lowest BCUT2D eigenvalue weighted by Gasteiger charge is -2.33. The molecule has 0 spiro atoms. The van der Waals surface area contributed by atoms with E-state index in [9.17, 15) is 9.90 Å². The molecule has 0 saturated carbocycles. The van der Waals surface area contributed by atoms with Crippen LogP contribution in [0.4, 0.5) is 5.82 Å². The summed E-state index contributed by atoms with van der Waals surface area (Å²) in [5.41, 5.74) is 7.39. The molecular weight excluding hydrogens is 498 g/mol. The lowest BCUT2D eigenvalue weighted by molar-refractivity contribution is -0.125. The van der Waals surface area contributed by atoms with Crippen LogP contribution in [0.1, 0.15) is 34.2 Å². The summed E-state index contributed by atoms with van der Waals surface area (Å²) < 4.78 is 1.97. The molecular formula is C30H30ClN5O2. The van der Waals surface area contributed by atoms with Gasteiger partial charge in [-0.3, -0.25) is 9.69 Å². The third-order valence-corrected chi connectivity index (χ3v) is 7.83. The second-order valence-corrected chi connectivity index (χ2v) is 10.5. The molecule has 7 nitrogen and oxygen atoms in total. The number of aliphatic hydroxyl groups excluding tert-OH is 1. The highest BCUT2D eigenvalue weighted by Crippen LogP contribution is 2.31. The quantitative estimate of drug-likeness (QED) is 0.387. The van der Waals surface area contributed by atoms with Crippen molar-refractivity contribution in [2.45, 2.75) is 38.8 Å². The first-order valence-electron chi connectivity index (χ1n) is 12.9. The summed E-state index contributed by atoms with van der Waals surface area (Å²) >= 11 is 6.33. The van der Waals surface area contributed by atoms with E-state index in [4.69, 9.17) is 11.6 Å². The van der Waals surface area contributed by atoms with E-state index in [0.29, 0.717) is 13.0 Å². The fourth-order valence-electron chi connectivity index (χ4n) is 5.41. The topological polar surface area (TPSA) is 73.6 Å². The van der Waals surface area contributed by atoms with Crippen molar-refractivity contribution in [3.63, 3.8) is 0 Å². The van der Waals surface area contributed by atoms with Crippen molar-refractivity contribution in [3.8, 4) is 11.4 Å². The molecule has 1 amide bonds. The Morgan fingerprint density at radius 1 is 1.03 bits per heavy atom. The summed E-state index contributed by atoms with van der Waals surface area (Å²) in [6, 6.07) is 23.4. The van der Waals surface area contributed by atoms with Crippen molar-refractivity contribution in [2.75, 3.05) is 11.4 Å². The van der Waals surface area contributed by atoms with Crippen molar-refractivity contribution < 1.29 is 9.90 Å². The molecule has 1 atom stereocenters. The maximum atomic E-state index is 11.6. The van der Waals surface area contributed by atoms with E-state index in [0.717, 1.165) is 53.8 Å². The van der Waals surface area contributed by atoms with Crippen molar-refractivity contribution in [1.29, 1.82) is 0 Å². The van der Waals surface area contributed by atoms with E-state index >= 15 is 0 Å². The molecule has 2 aliphatic rings. The molecule has 3 aromatic carbocycles. The number of halogens is 1. The Hall–Kier alpha value is -3.65. The molecule has 1 aromatic heterocycles. The molecule has 1 saturated heterocycles. The Balaban J connectivity index is 1.12. The van der Waals surface area contributed by atoms with Crippen LogP contribution in [-0.4, -0.2) is 38.4 Å². The third kappa shape index (κ3) is 4.92. The maximum absolute atomic E-state index is 11.6. The number of carbonyl (C=O) groups excluding carboxylic acids is 1. The Morgan fingerprint density at radius 2 is 1.79 bits per heavy atom. The highest BCUT2D eigenvalue weighted by molar-refractivity contribution is 6.31. The zero-order chi connectivity index (χ0) is 26.2. The highest BCUT2D eigenvalue weighted by Gasteiger charge is 2.27. The number of fused-ring (bicyclic) bond motifs is 1. The fraction of sp³-hybridized carbons (Fsp3) is 0.267. The number of hydrogen-bond donors (Lipinski definition) is 2. The number of benzene rings is 3. The first kappa shape index (κ1) is 24.7. The minimum Gasteiger partial charge on any atom is -0.356 e. The van der Waals surface area contributed by atoms with Gasteiger partial charge in [-0.05, 0) is 46.4 Å². The number of rotatable bonds is 6. The Labute approximate surface area is 227 Å². The van der Waals surface area contributed by atoms with Gasteiger partial charge in [-0.2, -0.15) is 0 Å². The van der Waals surface area contributed by atoms with E-state index in [1.807, 2.05) is 29.8 Å². The maximum Gasteiger partial charge on any atom is 0.225 e. The SMILES string of the molecule is Cn1c(N2CCC(=O)NC2O)cnc1-c1ccc2c(c1)CN(Cc1ccc(Cc3ccccc3Cl)cc1)C2. The molecule has 2 N–H and O–H groups in total. The van der Waals surface area contributed by atoms with Gasteiger partial charge in [0.2, 0.25) is 12.3 Å². The van der Waals surface area contributed by atoms with Crippen molar-refractivity contribution in [2.24, 2.45) is 7.05 Å². The van der Waals surface area contributed by atoms with Crippen LogP contribution in [0.5, 0.6) is 0 Å². The number of hydrogen-bond acceptors (Lipinski definition) is 5. The van der Waals surface area contributed by atoms with Gasteiger partial charge in [0.25, 0.3) is 0 Å². The summed E-state index contributed by atoms with van der Waals surface area (Å²) in [6.45, 7) is 3.15. The molecule has 0 bridgehead atoms. The minimum atomic E-state index is -1.04. The molecule has 2 aliphatic heterocycles. The van der Waals surface area contributed by atoms with Crippen LogP contribution in [0.2, 0.25) is 5.02 Å². The van der Waals surface area contributed by atoms with Crippen LogP contribution >= 0.6 is 11.6 Å². The molecule has 194 valence electrons. The lowest BCUT2D eigenvalue weighted by atomic mass is 10.0. The van der Waals surface area contributed by atoms with E-state index < -0.39 is 6.35 Å². The predicted octanol–water partition coefficient (Wildman–Crippen LogP) is 4.45. The van der Waals surface area contributed by atoms with Gasteiger partial charge in [0.15, 0.2) is 0 Å². The van der Waals surface area contributed by atoms with Gasteiger partial charge in [-0.25, -0.2) is 4.98 Å². The van der Waals surface area contributed by atoms with Crippen molar-refractivity contribution >= 4 is 23.3 Å². The zero-order valence-electron chi connectivity index (χ0n) is 21.3. The van der Waals surface area contributed by atoms with Crippen LogP contribution < -0.4 is 10.2 Å². The number of nitrogens with one attached hydrogen (secondary N) is 1. The molecule has 38 heavy (non-hydrogen) atoms. The van der Waals surface area contributed by atoms with Crippen LogP contribution in [0.3, 0.4) is 0 Å². The average molecular weight is 528 g/mol. The van der Waals surface area contributed by atoms with Gasteiger partial charge in [0, 0.05) is 50.2 Å². The van der Waals surface area contributed by atoms with Gasteiger partial charge < -0.3 is 19.9 Å². The van der Waals surface area contributed by atoms with Crippen LogP contribution in [0.25, 0.3) is 11.4 Å². The standard InChI is InChI=1S/C30H30ClN5O2/c1-34-28(36-13-12-27(37)33-30(36)38)16-32-29(34)23-10-11-24-18-35(19-25(24)15-23)17-21-8-6-20(7-9-21)14-22-4-2-3-5-26(22)31/h2-11,15-16,30,38H,12-14,17-19H2,1H3,(H,33,37). The Morgan fingerprint density at radius 3 is 2.58 bits per heavy atom. The normalized spacial score (nSPS) is 17.5. The molecule has 3 heterocycles. The predicted molar refractivity (Wildman–Crippen MR) is 148 cm³/mol. The summed E-state index contributed by atoms with van der Waals surface area (Å²) in [7, 11) is 1.94. The third-order valence-electron chi connectivity index (χ3n) is 7.46. The van der Waals surface area contributed by atoms with E-state index in [2.05, 4.69) is 63.7 Å². The first-order chi connectivity index (χ1) is 18.4. The average Bonchev–Trinajstić information content (AvgIpc) is 3.48.